The molecular formula is C14H12BrN3. The number of fused-ring (bicyclic) bond motifs is 1. The van der Waals surface area contributed by atoms with Gasteiger partial charge in [-0.3, -0.25) is 4.40 Å². The molecule has 0 fully saturated rings. The monoisotopic (exact) mass is 301 g/mol. The summed E-state index contributed by atoms with van der Waals surface area (Å²) in [5, 5.41) is 0. The van der Waals surface area contributed by atoms with E-state index >= 15 is 0 Å². The number of halogens is 1. The van der Waals surface area contributed by atoms with Crippen LogP contribution in [0.2, 0.25) is 0 Å². The fourth-order valence-corrected chi connectivity index (χ4v) is 2.68. The van der Waals surface area contributed by atoms with E-state index in [0.29, 0.717) is 6.54 Å². The van der Waals surface area contributed by atoms with Gasteiger partial charge in [0.05, 0.1) is 16.0 Å². The first-order valence-corrected chi connectivity index (χ1v) is 6.52. The van der Waals surface area contributed by atoms with Crippen LogP contribution in [0.15, 0.2) is 53.1 Å². The van der Waals surface area contributed by atoms with Crippen LogP contribution >= 0.6 is 15.9 Å². The zero-order valence-corrected chi connectivity index (χ0v) is 11.3. The van der Waals surface area contributed by atoms with Gasteiger partial charge in [0, 0.05) is 12.1 Å². The van der Waals surface area contributed by atoms with Gasteiger partial charge in [-0.15, -0.1) is 0 Å². The Morgan fingerprint density at radius 3 is 2.56 bits per heavy atom. The molecule has 0 aliphatic carbocycles. The van der Waals surface area contributed by atoms with E-state index in [1.54, 1.807) is 0 Å². The normalized spacial score (nSPS) is 11.0. The summed E-state index contributed by atoms with van der Waals surface area (Å²) in [6, 6.07) is 16.1. The second-order valence-electron chi connectivity index (χ2n) is 4.02. The van der Waals surface area contributed by atoms with E-state index in [0.717, 1.165) is 27.2 Å². The van der Waals surface area contributed by atoms with Crippen molar-refractivity contribution in [1.82, 2.24) is 9.38 Å². The number of nitrogens with zero attached hydrogens (tertiary/aromatic N) is 2. The van der Waals surface area contributed by atoms with Crippen LogP contribution in [0.4, 0.5) is 0 Å². The van der Waals surface area contributed by atoms with Crippen molar-refractivity contribution in [3.05, 3.63) is 58.8 Å². The molecular weight excluding hydrogens is 290 g/mol. The average molecular weight is 302 g/mol. The lowest BCUT2D eigenvalue weighted by molar-refractivity contribution is 0.948. The maximum atomic E-state index is 5.89. The van der Waals surface area contributed by atoms with Crippen LogP contribution in [-0.4, -0.2) is 9.38 Å². The first kappa shape index (κ1) is 11.4. The molecule has 0 aliphatic heterocycles. The summed E-state index contributed by atoms with van der Waals surface area (Å²) < 4.78 is 3.01. The summed E-state index contributed by atoms with van der Waals surface area (Å²) in [6.45, 7) is 0.452. The van der Waals surface area contributed by atoms with Gasteiger partial charge in [-0.05, 0) is 28.1 Å². The number of imidazole rings is 1. The Bertz CT molecular complexity index is 689. The Kier molecular flexibility index (Phi) is 2.89. The highest BCUT2D eigenvalue weighted by molar-refractivity contribution is 9.10. The molecule has 0 unspecified atom stereocenters. The highest BCUT2D eigenvalue weighted by Crippen LogP contribution is 2.26. The Labute approximate surface area is 113 Å². The summed E-state index contributed by atoms with van der Waals surface area (Å²) in [5.41, 5.74) is 9.85. The first-order chi connectivity index (χ1) is 8.81. The van der Waals surface area contributed by atoms with Gasteiger partial charge in [-0.1, -0.05) is 36.4 Å². The molecule has 0 atom stereocenters. The van der Waals surface area contributed by atoms with E-state index in [2.05, 4.69) is 33.0 Å². The fourth-order valence-electron chi connectivity index (χ4n) is 2.13. The number of benzene rings is 1. The number of nitrogens with two attached hydrogens (primary N) is 1. The highest BCUT2D eigenvalue weighted by Gasteiger charge is 2.13. The molecule has 2 aromatic heterocycles. The minimum Gasteiger partial charge on any atom is -0.325 e. The van der Waals surface area contributed by atoms with Crippen LogP contribution in [0.5, 0.6) is 0 Å². The molecule has 3 aromatic rings. The van der Waals surface area contributed by atoms with Crippen molar-refractivity contribution in [2.45, 2.75) is 6.54 Å². The molecule has 0 aliphatic rings. The molecule has 0 amide bonds. The second-order valence-corrected chi connectivity index (χ2v) is 4.83. The molecule has 0 spiro atoms. The average Bonchev–Trinajstić information content (AvgIpc) is 2.79. The lowest BCUT2D eigenvalue weighted by Gasteiger charge is -2.03. The number of aromatic nitrogens is 2. The van der Waals surface area contributed by atoms with E-state index in [9.17, 15) is 0 Å². The molecule has 90 valence electrons. The van der Waals surface area contributed by atoms with Crippen molar-refractivity contribution in [2.75, 3.05) is 0 Å². The van der Waals surface area contributed by atoms with Gasteiger partial charge in [0.15, 0.2) is 0 Å². The molecule has 0 saturated heterocycles. The summed E-state index contributed by atoms with van der Waals surface area (Å²) in [4.78, 5) is 4.67. The van der Waals surface area contributed by atoms with Gasteiger partial charge in [-0.25, -0.2) is 4.98 Å². The quantitative estimate of drug-likeness (QED) is 0.739. The zero-order valence-electron chi connectivity index (χ0n) is 9.68. The molecule has 2 N–H and O–H groups in total. The largest absolute Gasteiger partial charge is 0.325 e. The Balaban J connectivity index is 2.34. The lowest BCUT2D eigenvalue weighted by Crippen LogP contribution is -2.03. The first-order valence-electron chi connectivity index (χ1n) is 5.72. The lowest BCUT2D eigenvalue weighted by atomic mass is 10.1. The third kappa shape index (κ3) is 1.74. The minimum atomic E-state index is 0.452. The van der Waals surface area contributed by atoms with E-state index in [1.807, 2.05) is 40.8 Å². The van der Waals surface area contributed by atoms with Gasteiger partial charge in [0.25, 0.3) is 0 Å². The molecule has 3 rings (SSSR count). The molecule has 3 nitrogen and oxygen atoms in total. The number of hydrogen-bond acceptors (Lipinski definition) is 2. The number of hydrogen-bond donors (Lipinski definition) is 1. The van der Waals surface area contributed by atoms with E-state index < -0.39 is 0 Å². The maximum absolute atomic E-state index is 5.89. The Morgan fingerprint density at radius 2 is 1.83 bits per heavy atom. The minimum absolute atomic E-state index is 0.452. The zero-order chi connectivity index (χ0) is 12.5. The van der Waals surface area contributed by atoms with E-state index in [4.69, 9.17) is 5.73 Å². The predicted molar refractivity (Wildman–Crippen MR) is 76.2 cm³/mol. The molecule has 0 radical (unpaired) electrons. The number of rotatable bonds is 2. The predicted octanol–water partition coefficient (Wildman–Crippen LogP) is 3.22. The van der Waals surface area contributed by atoms with Gasteiger partial charge >= 0.3 is 0 Å². The molecule has 2 heterocycles. The molecule has 18 heavy (non-hydrogen) atoms. The molecule has 0 saturated carbocycles. The van der Waals surface area contributed by atoms with Crippen LogP contribution in [0, 0.1) is 0 Å². The smallest absolute Gasteiger partial charge is 0.138 e. The number of pyridine rings is 1. The third-order valence-electron chi connectivity index (χ3n) is 2.93. The summed E-state index contributed by atoms with van der Waals surface area (Å²) in [6.07, 6.45) is 0. The SMILES string of the molecule is NCc1c(-c2ccccc2)nc2cccc(Br)n12. The van der Waals surface area contributed by atoms with Gasteiger partial charge in [0.2, 0.25) is 0 Å². The van der Waals surface area contributed by atoms with Gasteiger partial charge in [-0.2, -0.15) is 0 Å². The van der Waals surface area contributed by atoms with Crippen LogP contribution in [0.25, 0.3) is 16.9 Å². The highest BCUT2D eigenvalue weighted by atomic mass is 79.9. The Hall–Kier alpha value is -1.65. The van der Waals surface area contributed by atoms with Gasteiger partial charge < -0.3 is 5.73 Å². The summed E-state index contributed by atoms with van der Waals surface area (Å²) in [7, 11) is 0. The van der Waals surface area contributed by atoms with Crippen molar-refractivity contribution in [2.24, 2.45) is 5.73 Å². The standard InChI is InChI=1S/C14H12BrN3/c15-12-7-4-8-13-17-14(11(9-16)18(12)13)10-5-2-1-3-6-10/h1-8H,9,16H2. The summed E-state index contributed by atoms with van der Waals surface area (Å²) in [5.74, 6) is 0. The molecule has 0 bridgehead atoms. The van der Waals surface area contributed by atoms with Crippen molar-refractivity contribution < 1.29 is 0 Å². The van der Waals surface area contributed by atoms with Gasteiger partial charge in [0.1, 0.15) is 5.65 Å². The van der Waals surface area contributed by atoms with Crippen LogP contribution in [0.3, 0.4) is 0 Å². The van der Waals surface area contributed by atoms with Crippen molar-refractivity contribution in [1.29, 1.82) is 0 Å². The third-order valence-corrected chi connectivity index (χ3v) is 3.55. The molecule has 1 aromatic carbocycles. The van der Waals surface area contributed by atoms with Crippen molar-refractivity contribution in [3.8, 4) is 11.3 Å². The fraction of sp³-hybridized carbons (Fsp3) is 0.0714. The van der Waals surface area contributed by atoms with Crippen LogP contribution in [0.1, 0.15) is 5.69 Å². The second kappa shape index (κ2) is 4.55. The Morgan fingerprint density at radius 1 is 1.06 bits per heavy atom. The van der Waals surface area contributed by atoms with Crippen molar-refractivity contribution in [3.63, 3.8) is 0 Å². The molecule has 4 heteroatoms. The van der Waals surface area contributed by atoms with Crippen LogP contribution in [-0.2, 0) is 6.54 Å². The topological polar surface area (TPSA) is 43.3 Å². The maximum Gasteiger partial charge on any atom is 0.138 e. The van der Waals surface area contributed by atoms with Crippen molar-refractivity contribution >= 4 is 21.6 Å². The van der Waals surface area contributed by atoms with E-state index in [1.165, 1.54) is 0 Å². The van der Waals surface area contributed by atoms with E-state index in [-0.39, 0.29) is 0 Å². The summed E-state index contributed by atoms with van der Waals surface area (Å²) >= 11 is 3.54. The van der Waals surface area contributed by atoms with Crippen LogP contribution < -0.4 is 5.73 Å².